The van der Waals surface area contributed by atoms with Crippen molar-refractivity contribution in [2.24, 2.45) is 5.92 Å². The minimum atomic E-state index is -0.620. The maximum absolute atomic E-state index is 12.6. The molecule has 1 aliphatic carbocycles. The Hall–Kier alpha value is -2.61. The Balaban J connectivity index is 1.30. The summed E-state index contributed by atoms with van der Waals surface area (Å²) in [4.78, 5) is 40.7. The van der Waals surface area contributed by atoms with Crippen LogP contribution in [-0.2, 0) is 9.53 Å². The predicted molar refractivity (Wildman–Crippen MR) is 125 cm³/mol. The standard InChI is InChI=1S/C25H37N3O5/c1-18(26-24(31)33-25(2,3)4)23(30)28-15-13-27(14-16-28)12-5-17-32-21-10-8-20(9-11-21)22(29)19-6-7-19/h8-11,18-19H,5-7,12-17H2,1-4H3,(H,26,31)/t18-/m1/s1. The van der Waals surface area contributed by atoms with E-state index in [-0.39, 0.29) is 17.6 Å². The molecule has 0 bridgehead atoms. The Kier molecular flexibility index (Phi) is 8.35. The minimum absolute atomic E-state index is 0.0903. The van der Waals surface area contributed by atoms with Gasteiger partial charge in [0, 0.05) is 44.2 Å². The number of hydrogen-bond donors (Lipinski definition) is 1. The number of carbonyl (C=O) groups excluding carboxylic acids is 3. The monoisotopic (exact) mass is 459 g/mol. The van der Waals surface area contributed by atoms with E-state index in [1.807, 2.05) is 24.3 Å². The fraction of sp³-hybridized carbons (Fsp3) is 0.640. The number of piperazine rings is 1. The first kappa shape index (κ1) is 25.0. The SMILES string of the molecule is C[C@@H](NC(=O)OC(C)(C)C)C(=O)N1CCN(CCCOc2ccc(C(=O)C3CC3)cc2)CC1. The van der Waals surface area contributed by atoms with Crippen LogP contribution in [0.3, 0.4) is 0 Å². The fourth-order valence-corrected chi connectivity index (χ4v) is 3.79. The van der Waals surface area contributed by atoms with E-state index in [0.29, 0.717) is 19.7 Å². The molecule has 1 aromatic carbocycles. The van der Waals surface area contributed by atoms with Crippen LogP contribution in [0.1, 0.15) is 57.3 Å². The average Bonchev–Trinajstić information content (AvgIpc) is 3.60. The van der Waals surface area contributed by atoms with E-state index in [0.717, 1.165) is 50.2 Å². The number of Topliss-reactive ketones (excluding diaryl/α,β-unsaturated/α-hetero) is 1. The van der Waals surface area contributed by atoms with Crippen molar-refractivity contribution < 1.29 is 23.9 Å². The molecule has 0 radical (unpaired) electrons. The van der Waals surface area contributed by atoms with Crippen LogP contribution in [0, 0.1) is 5.92 Å². The van der Waals surface area contributed by atoms with Crippen LogP contribution in [0.5, 0.6) is 5.75 Å². The lowest BCUT2D eigenvalue weighted by Crippen LogP contribution is -2.54. The third-order valence-electron chi connectivity index (χ3n) is 5.76. The lowest BCUT2D eigenvalue weighted by atomic mass is 10.1. The fourth-order valence-electron chi connectivity index (χ4n) is 3.79. The smallest absolute Gasteiger partial charge is 0.408 e. The van der Waals surface area contributed by atoms with Crippen LogP contribution in [0.25, 0.3) is 0 Å². The number of rotatable bonds is 9. The van der Waals surface area contributed by atoms with E-state index in [1.54, 1.807) is 32.6 Å². The van der Waals surface area contributed by atoms with Gasteiger partial charge in [0.2, 0.25) is 5.91 Å². The summed E-state index contributed by atoms with van der Waals surface area (Å²) in [6.45, 7) is 11.4. The summed E-state index contributed by atoms with van der Waals surface area (Å²) < 4.78 is 11.0. The molecule has 1 saturated heterocycles. The second-order valence-corrected chi connectivity index (χ2v) is 9.90. The van der Waals surface area contributed by atoms with Crippen molar-refractivity contribution in [2.45, 2.75) is 58.6 Å². The Morgan fingerprint density at radius 3 is 2.27 bits per heavy atom. The summed E-state index contributed by atoms with van der Waals surface area (Å²) in [7, 11) is 0. The molecular weight excluding hydrogens is 422 g/mol. The van der Waals surface area contributed by atoms with Crippen molar-refractivity contribution in [1.82, 2.24) is 15.1 Å². The van der Waals surface area contributed by atoms with Gasteiger partial charge in [0.25, 0.3) is 0 Å². The number of ether oxygens (including phenoxy) is 2. The van der Waals surface area contributed by atoms with Crippen molar-refractivity contribution in [3.05, 3.63) is 29.8 Å². The van der Waals surface area contributed by atoms with Crippen molar-refractivity contribution in [2.75, 3.05) is 39.3 Å². The van der Waals surface area contributed by atoms with Gasteiger partial charge in [-0.15, -0.1) is 0 Å². The van der Waals surface area contributed by atoms with Gasteiger partial charge in [0.1, 0.15) is 17.4 Å². The molecule has 1 heterocycles. The Bertz CT molecular complexity index is 821. The van der Waals surface area contributed by atoms with E-state index in [2.05, 4.69) is 10.2 Å². The lowest BCUT2D eigenvalue weighted by molar-refractivity contribution is -0.134. The molecule has 1 saturated carbocycles. The van der Waals surface area contributed by atoms with E-state index in [9.17, 15) is 14.4 Å². The van der Waals surface area contributed by atoms with Gasteiger partial charge < -0.3 is 19.7 Å². The Morgan fingerprint density at radius 2 is 1.70 bits per heavy atom. The van der Waals surface area contributed by atoms with Gasteiger partial charge in [-0.3, -0.25) is 14.5 Å². The highest BCUT2D eigenvalue weighted by Crippen LogP contribution is 2.32. The molecule has 1 aliphatic heterocycles. The lowest BCUT2D eigenvalue weighted by Gasteiger charge is -2.36. The number of alkyl carbamates (subject to hydrolysis) is 1. The first-order valence-corrected chi connectivity index (χ1v) is 11.9. The highest BCUT2D eigenvalue weighted by Gasteiger charge is 2.30. The molecule has 1 N–H and O–H groups in total. The number of benzene rings is 1. The summed E-state index contributed by atoms with van der Waals surface area (Å²) in [6, 6.07) is 6.82. The van der Waals surface area contributed by atoms with E-state index in [4.69, 9.17) is 9.47 Å². The average molecular weight is 460 g/mol. The molecule has 0 aromatic heterocycles. The topological polar surface area (TPSA) is 88.2 Å². The first-order chi connectivity index (χ1) is 15.6. The molecular formula is C25H37N3O5. The number of amides is 2. The second-order valence-electron chi connectivity index (χ2n) is 9.90. The number of ketones is 1. The summed E-state index contributed by atoms with van der Waals surface area (Å²) >= 11 is 0. The van der Waals surface area contributed by atoms with Crippen molar-refractivity contribution in [3.8, 4) is 5.75 Å². The molecule has 2 aliphatic rings. The van der Waals surface area contributed by atoms with Crippen molar-refractivity contribution in [1.29, 1.82) is 0 Å². The third kappa shape index (κ3) is 8.03. The zero-order valence-corrected chi connectivity index (χ0v) is 20.3. The highest BCUT2D eigenvalue weighted by molar-refractivity contribution is 5.99. The zero-order valence-electron chi connectivity index (χ0n) is 20.3. The van der Waals surface area contributed by atoms with Gasteiger partial charge in [-0.05, 0) is 71.2 Å². The van der Waals surface area contributed by atoms with E-state index < -0.39 is 17.7 Å². The van der Waals surface area contributed by atoms with Crippen molar-refractivity contribution >= 4 is 17.8 Å². The van der Waals surface area contributed by atoms with Crippen LogP contribution >= 0.6 is 0 Å². The van der Waals surface area contributed by atoms with Gasteiger partial charge in [-0.1, -0.05) is 0 Å². The maximum atomic E-state index is 12.6. The largest absolute Gasteiger partial charge is 0.494 e. The highest BCUT2D eigenvalue weighted by atomic mass is 16.6. The van der Waals surface area contributed by atoms with Crippen LogP contribution in [0.2, 0.25) is 0 Å². The van der Waals surface area contributed by atoms with Gasteiger partial charge in [0.15, 0.2) is 5.78 Å². The predicted octanol–water partition coefficient (Wildman–Crippen LogP) is 3.11. The van der Waals surface area contributed by atoms with E-state index >= 15 is 0 Å². The summed E-state index contributed by atoms with van der Waals surface area (Å²) in [5, 5.41) is 2.62. The van der Waals surface area contributed by atoms with Gasteiger partial charge >= 0.3 is 6.09 Å². The van der Waals surface area contributed by atoms with Crippen molar-refractivity contribution in [3.63, 3.8) is 0 Å². The van der Waals surface area contributed by atoms with Crippen LogP contribution in [0.4, 0.5) is 4.79 Å². The molecule has 8 heteroatoms. The minimum Gasteiger partial charge on any atom is -0.494 e. The normalized spacial score (nSPS) is 17.9. The Morgan fingerprint density at radius 1 is 1.06 bits per heavy atom. The van der Waals surface area contributed by atoms with E-state index in [1.165, 1.54) is 0 Å². The molecule has 8 nitrogen and oxygen atoms in total. The molecule has 182 valence electrons. The molecule has 1 aromatic rings. The van der Waals surface area contributed by atoms with Crippen LogP contribution < -0.4 is 10.1 Å². The van der Waals surface area contributed by atoms with Gasteiger partial charge in [-0.2, -0.15) is 0 Å². The second kappa shape index (κ2) is 11.0. The molecule has 1 atom stereocenters. The zero-order chi connectivity index (χ0) is 24.0. The molecule has 0 unspecified atom stereocenters. The van der Waals surface area contributed by atoms with Gasteiger partial charge in [-0.25, -0.2) is 4.79 Å². The van der Waals surface area contributed by atoms with Crippen LogP contribution in [-0.4, -0.2) is 78.6 Å². The number of nitrogens with one attached hydrogen (secondary N) is 1. The quantitative estimate of drug-likeness (QED) is 0.451. The molecule has 3 rings (SSSR count). The number of hydrogen-bond acceptors (Lipinski definition) is 6. The Labute approximate surface area is 196 Å². The maximum Gasteiger partial charge on any atom is 0.408 e. The number of nitrogens with zero attached hydrogens (tertiary/aromatic N) is 2. The summed E-state index contributed by atoms with van der Waals surface area (Å²) in [5.41, 5.74) is 0.175. The molecule has 0 spiro atoms. The van der Waals surface area contributed by atoms with Gasteiger partial charge in [0.05, 0.1) is 6.61 Å². The molecule has 2 amide bonds. The number of carbonyl (C=O) groups is 3. The summed E-state index contributed by atoms with van der Waals surface area (Å²) in [5.74, 6) is 1.17. The molecule has 33 heavy (non-hydrogen) atoms. The summed E-state index contributed by atoms with van der Waals surface area (Å²) in [6.07, 6.45) is 2.34. The molecule has 2 fully saturated rings. The van der Waals surface area contributed by atoms with Crippen LogP contribution in [0.15, 0.2) is 24.3 Å². The first-order valence-electron chi connectivity index (χ1n) is 11.9. The third-order valence-corrected chi connectivity index (χ3v) is 5.76.